The number of thiophene rings is 1. The van der Waals surface area contributed by atoms with E-state index in [1.165, 1.54) is 24.1 Å². The van der Waals surface area contributed by atoms with Gasteiger partial charge >= 0.3 is 0 Å². The Labute approximate surface area is 131 Å². The first-order valence-electron chi connectivity index (χ1n) is 8.03. The summed E-state index contributed by atoms with van der Waals surface area (Å²) in [6, 6.07) is 4.01. The molecule has 1 saturated heterocycles. The average molecular weight is 306 g/mol. The van der Waals surface area contributed by atoms with Crippen molar-refractivity contribution in [3.8, 4) is 0 Å². The molecular weight excluding hydrogens is 280 g/mol. The van der Waals surface area contributed by atoms with Crippen LogP contribution in [0.3, 0.4) is 0 Å². The number of carbonyl (C=O) groups excluding carboxylic acids is 1. The maximum Gasteiger partial charge on any atom is 0.263 e. The van der Waals surface area contributed by atoms with E-state index in [2.05, 4.69) is 30.8 Å². The molecular formula is C17H26N2OS. The van der Waals surface area contributed by atoms with Crippen LogP contribution in [0.4, 0.5) is 0 Å². The molecule has 2 aliphatic rings. The molecule has 0 spiro atoms. The molecule has 0 unspecified atom stereocenters. The highest BCUT2D eigenvalue weighted by molar-refractivity contribution is 7.13. The first-order valence-corrected chi connectivity index (χ1v) is 8.85. The Hall–Kier alpha value is -0.870. The number of piperidine rings is 1. The summed E-state index contributed by atoms with van der Waals surface area (Å²) in [7, 11) is 4.42. The average Bonchev–Trinajstić information content (AvgIpc) is 3.17. The number of aryl methyl sites for hydroxylation is 1. The van der Waals surface area contributed by atoms with Gasteiger partial charge in [-0.3, -0.25) is 4.79 Å². The second-order valence-corrected chi connectivity index (χ2v) is 8.26. The van der Waals surface area contributed by atoms with Crippen LogP contribution in [0.2, 0.25) is 0 Å². The topological polar surface area (TPSA) is 23.6 Å². The zero-order valence-electron chi connectivity index (χ0n) is 13.4. The quantitative estimate of drug-likeness (QED) is 0.851. The predicted octanol–water partition coefficient (Wildman–Crippen LogP) is 3.39. The van der Waals surface area contributed by atoms with E-state index in [1.807, 2.05) is 12.1 Å². The molecule has 2 fully saturated rings. The van der Waals surface area contributed by atoms with Crippen molar-refractivity contribution < 1.29 is 4.79 Å². The minimum absolute atomic E-state index is 0.229. The molecule has 1 aromatic rings. The summed E-state index contributed by atoms with van der Waals surface area (Å²) in [6.45, 7) is 3.87. The fraction of sp³-hybridized carbons (Fsp3) is 0.706. The van der Waals surface area contributed by atoms with Crippen LogP contribution in [-0.2, 0) is 0 Å². The molecule has 1 amide bonds. The molecule has 1 saturated carbocycles. The van der Waals surface area contributed by atoms with E-state index in [0.717, 1.165) is 36.7 Å². The SMILES string of the molecule is Cc1ccc(C(=O)N2CCC(CC3CC3)(N(C)C)CC2)s1. The van der Waals surface area contributed by atoms with E-state index in [4.69, 9.17) is 0 Å². The monoisotopic (exact) mass is 306 g/mol. The van der Waals surface area contributed by atoms with Crippen molar-refractivity contribution in [1.29, 1.82) is 0 Å². The Balaban J connectivity index is 1.64. The number of hydrogen-bond acceptors (Lipinski definition) is 3. The molecule has 3 nitrogen and oxygen atoms in total. The van der Waals surface area contributed by atoms with Gasteiger partial charge in [0.25, 0.3) is 5.91 Å². The molecule has 0 bridgehead atoms. The van der Waals surface area contributed by atoms with Crippen LogP contribution in [0.1, 0.15) is 46.7 Å². The van der Waals surface area contributed by atoms with Gasteiger partial charge in [0, 0.05) is 23.5 Å². The lowest BCUT2D eigenvalue weighted by Gasteiger charge is -2.46. The van der Waals surface area contributed by atoms with Crippen LogP contribution in [0.25, 0.3) is 0 Å². The van der Waals surface area contributed by atoms with E-state index in [0.29, 0.717) is 5.54 Å². The van der Waals surface area contributed by atoms with Gasteiger partial charge < -0.3 is 9.80 Å². The summed E-state index contributed by atoms with van der Waals surface area (Å²) in [4.78, 5) is 19.1. The number of amides is 1. The second-order valence-electron chi connectivity index (χ2n) is 6.97. The lowest BCUT2D eigenvalue weighted by atomic mass is 9.81. The van der Waals surface area contributed by atoms with Gasteiger partial charge in [-0.15, -0.1) is 11.3 Å². The summed E-state index contributed by atoms with van der Waals surface area (Å²) in [5.41, 5.74) is 0.323. The van der Waals surface area contributed by atoms with Gasteiger partial charge in [0.2, 0.25) is 0 Å². The Morgan fingerprint density at radius 1 is 1.33 bits per heavy atom. The molecule has 1 aromatic heterocycles. The van der Waals surface area contributed by atoms with E-state index in [-0.39, 0.29) is 5.91 Å². The van der Waals surface area contributed by atoms with E-state index >= 15 is 0 Å². The van der Waals surface area contributed by atoms with Crippen molar-refractivity contribution in [1.82, 2.24) is 9.80 Å². The molecule has 1 aliphatic heterocycles. The highest BCUT2D eigenvalue weighted by atomic mass is 32.1. The summed E-state index contributed by atoms with van der Waals surface area (Å²) in [6.07, 6.45) is 6.37. The summed E-state index contributed by atoms with van der Waals surface area (Å²) >= 11 is 1.61. The third kappa shape index (κ3) is 3.16. The van der Waals surface area contributed by atoms with Gasteiger partial charge in [0.05, 0.1) is 4.88 Å². The van der Waals surface area contributed by atoms with Crippen molar-refractivity contribution >= 4 is 17.2 Å². The van der Waals surface area contributed by atoms with Crippen LogP contribution < -0.4 is 0 Å². The van der Waals surface area contributed by atoms with Gasteiger partial charge in [-0.1, -0.05) is 12.8 Å². The Bertz CT molecular complexity index is 511. The molecule has 21 heavy (non-hydrogen) atoms. The van der Waals surface area contributed by atoms with Crippen molar-refractivity contribution in [2.45, 2.75) is 44.6 Å². The summed E-state index contributed by atoms with van der Waals surface area (Å²) in [5.74, 6) is 1.17. The van der Waals surface area contributed by atoms with Crippen LogP contribution in [0.15, 0.2) is 12.1 Å². The largest absolute Gasteiger partial charge is 0.338 e. The maximum atomic E-state index is 12.6. The molecule has 0 N–H and O–H groups in total. The van der Waals surface area contributed by atoms with Crippen LogP contribution in [-0.4, -0.2) is 48.4 Å². The minimum atomic E-state index is 0.229. The molecule has 116 valence electrons. The third-order valence-corrected chi connectivity index (χ3v) is 6.24. The van der Waals surface area contributed by atoms with Gasteiger partial charge in [-0.05, 0) is 58.3 Å². The normalized spacial score (nSPS) is 21.8. The Morgan fingerprint density at radius 3 is 2.48 bits per heavy atom. The summed E-state index contributed by atoms with van der Waals surface area (Å²) in [5, 5.41) is 0. The predicted molar refractivity (Wildman–Crippen MR) is 88.0 cm³/mol. The lowest BCUT2D eigenvalue weighted by molar-refractivity contribution is 0.0366. The number of likely N-dealkylation sites (tertiary alicyclic amines) is 1. The highest BCUT2D eigenvalue weighted by Crippen LogP contribution is 2.42. The van der Waals surface area contributed by atoms with Gasteiger partial charge in [0.1, 0.15) is 0 Å². The number of carbonyl (C=O) groups is 1. The first kappa shape index (κ1) is 15.0. The molecule has 1 aliphatic carbocycles. The number of nitrogens with zero attached hydrogens (tertiary/aromatic N) is 2. The zero-order valence-corrected chi connectivity index (χ0v) is 14.2. The highest BCUT2D eigenvalue weighted by Gasteiger charge is 2.41. The molecule has 3 rings (SSSR count). The smallest absolute Gasteiger partial charge is 0.263 e. The minimum Gasteiger partial charge on any atom is -0.338 e. The molecule has 2 heterocycles. The Morgan fingerprint density at radius 2 is 2.00 bits per heavy atom. The van der Waals surface area contributed by atoms with Crippen LogP contribution in [0.5, 0.6) is 0 Å². The fourth-order valence-electron chi connectivity index (χ4n) is 3.52. The summed E-state index contributed by atoms with van der Waals surface area (Å²) < 4.78 is 0. The third-order valence-electron chi connectivity index (χ3n) is 5.25. The Kier molecular flexibility index (Phi) is 4.10. The van der Waals surface area contributed by atoms with Crippen molar-refractivity contribution in [3.05, 3.63) is 21.9 Å². The van der Waals surface area contributed by atoms with Crippen molar-refractivity contribution in [3.63, 3.8) is 0 Å². The zero-order chi connectivity index (χ0) is 15.0. The fourth-order valence-corrected chi connectivity index (χ4v) is 4.36. The van der Waals surface area contributed by atoms with Gasteiger partial charge in [-0.2, -0.15) is 0 Å². The molecule has 0 radical (unpaired) electrons. The van der Waals surface area contributed by atoms with Crippen LogP contribution >= 0.6 is 11.3 Å². The van der Waals surface area contributed by atoms with E-state index < -0.39 is 0 Å². The number of rotatable bonds is 4. The van der Waals surface area contributed by atoms with Gasteiger partial charge in [0.15, 0.2) is 0 Å². The van der Waals surface area contributed by atoms with Crippen LogP contribution in [0, 0.1) is 12.8 Å². The molecule has 4 heteroatoms. The molecule has 0 aromatic carbocycles. The van der Waals surface area contributed by atoms with Gasteiger partial charge in [-0.25, -0.2) is 0 Å². The van der Waals surface area contributed by atoms with Crippen molar-refractivity contribution in [2.75, 3.05) is 27.2 Å². The van der Waals surface area contributed by atoms with Crippen molar-refractivity contribution in [2.24, 2.45) is 5.92 Å². The number of hydrogen-bond donors (Lipinski definition) is 0. The first-order chi connectivity index (χ1) is 10.00. The van der Waals surface area contributed by atoms with E-state index in [1.54, 1.807) is 11.3 Å². The molecule has 0 atom stereocenters. The maximum absolute atomic E-state index is 12.6. The second kappa shape index (κ2) is 5.73. The standard InChI is InChI=1S/C17H26N2OS/c1-13-4-7-15(21-13)16(20)19-10-8-17(9-11-19,18(2)3)12-14-5-6-14/h4,7,14H,5-6,8-12H2,1-3H3. The van der Waals surface area contributed by atoms with E-state index in [9.17, 15) is 4.79 Å². The lowest BCUT2D eigenvalue weighted by Crippen LogP contribution is -2.54.